The summed E-state index contributed by atoms with van der Waals surface area (Å²) < 4.78 is 2.17. The summed E-state index contributed by atoms with van der Waals surface area (Å²) >= 11 is 0. The number of amides is 2. The van der Waals surface area contributed by atoms with Gasteiger partial charge in [0.25, 0.3) is 11.8 Å². The lowest BCUT2D eigenvalue weighted by molar-refractivity contribution is 0.101. The van der Waals surface area contributed by atoms with Crippen LogP contribution in [-0.2, 0) is 6.54 Å². The van der Waals surface area contributed by atoms with E-state index in [2.05, 4.69) is 27.3 Å². The Morgan fingerprint density at radius 1 is 0.600 bits per heavy atom. The summed E-state index contributed by atoms with van der Waals surface area (Å²) in [5.41, 5.74) is 6.38. The van der Waals surface area contributed by atoms with Gasteiger partial charge in [-0.15, -0.1) is 0 Å². The summed E-state index contributed by atoms with van der Waals surface area (Å²) in [6.07, 6.45) is 0. The van der Waals surface area contributed by atoms with Crippen molar-refractivity contribution in [2.75, 3.05) is 10.6 Å². The summed E-state index contributed by atoms with van der Waals surface area (Å²) in [5.74, 6) is 0.470. The van der Waals surface area contributed by atoms with Gasteiger partial charge in [-0.3, -0.25) is 9.59 Å². The van der Waals surface area contributed by atoms with Crippen LogP contribution in [0.2, 0.25) is 0 Å². The largest absolute Gasteiger partial charge is 0.322 e. The highest BCUT2D eigenvalue weighted by atomic mass is 16.2. The fourth-order valence-electron chi connectivity index (χ4n) is 4.64. The normalized spacial score (nSPS) is 10.8. The molecule has 5 aromatic carbocycles. The molecule has 6 nitrogen and oxygen atoms in total. The van der Waals surface area contributed by atoms with E-state index >= 15 is 0 Å². The molecule has 6 aromatic rings. The smallest absolute Gasteiger partial charge is 0.255 e. The van der Waals surface area contributed by atoms with Crippen LogP contribution in [0.15, 0.2) is 133 Å². The minimum atomic E-state index is -0.169. The number of carbonyl (C=O) groups is 2. The summed E-state index contributed by atoms with van der Waals surface area (Å²) in [5, 5.41) is 5.93. The van der Waals surface area contributed by atoms with Gasteiger partial charge in [0.2, 0.25) is 0 Å². The van der Waals surface area contributed by atoms with E-state index in [1.807, 2.05) is 97.1 Å². The molecule has 0 aliphatic rings. The molecule has 194 valence electrons. The topological polar surface area (TPSA) is 76.0 Å². The fourth-order valence-corrected chi connectivity index (χ4v) is 4.64. The fraction of sp³-hybridized carbons (Fsp3) is 0.0294. The molecule has 0 saturated carbocycles. The maximum absolute atomic E-state index is 12.7. The first-order valence-electron chi connectivity index (χ1n) is 13.0. The lowest BCUT2D eigenvalue weighted by atomic mass is 10.1. The lowest BCUT2D eigenvalue weighted by Crippen LogP contribution is -2.11. The molecule has 0 unspecified atom stereocenters. The van der Waals surface area contributed by atoms with Crippen molar-refractivity contribution in [3.8, 4) is 11.4 Å². The Labute approximate surface area is 231 Å². The number of hydrogen-bond donors (Lipinski definition) is 2. The van der Waals surface area contributed by atoms with Crippen LogP contribution in [0.3, 0.4) is 0 Å². The number of nitrogens with zero attached hydrogens (tertiary/aromatic N) is 2. The van der Waals surface area contributed by atoms with Gasteiger partial charge in [0.1, 0.15) is 5.82 Å². The second-order valence-corrected chi connectivity index (χ2v) is 9.43. The molecule has 0 saturated heterocycles. The molecular formula is C34H26N4O2. The molecule has 2 N–H and O–H groups in total. The summed E-state index contributed by atoms with van der Waals surface area (Å²) in [6.45, 7) is 0.634. The molecule has 2 amide bonds. The molecule has 0 bridgehead atoms. The Morgan fingerprint density at radius 2 is 1.12 bits per heavy atom. The van der Waals surface area contributed by atoms with Crippen LogP contribution < -0.4 is 10.6 Å². The monoisotopic (exact) mass is 522 g/mol. The summed E-state index contributed by atoms with van der Waals surface area (Å²) in [7, 11) is 0. The highest BCUT2D eigenvalue weighted by Gasteiger charge is 2.15. The molecule has 0 aliphatic carbocycles. The zero-order valence-corrected chi connectivity index (χ0v) is 21.6. The maximum Gasteiger partial charge on any atom is 0.255 e. The highest BCUT2D eigenvalue weighted by molar-refractivity contribution is 6.05. The van der Waals surface area contributed by atoms with E-state index in [0.717, 1.165) is 28.0 Å². The minimum absolute atomic E-state index is 0.158. The number of aromatic nitrogens is 2. The Bertz CT molecular complexity index is 1780. The van der Waals surface area contributed by atoms with Gasteiger partial charge in [-0.1, -0.05) is 66.7 Å². The summed E-state index contributed by atoms with van der Waals surface area (Å²) in [4.78, 5) is 30.3. The lowest BCUT2D eigenvalue weighted by Gasteiger charge is -2.11. The predicted molar refractivity (Wildman–Crippen MR) is 160 cm³/mol. The van der Waals surface area contributed by atoms with Crippen molar-refractivity contribution in [2.45, 2.75) is 6.54 Å². The third-order valence-corrected chi connectivity index (χ3v) is 6.66. The molecule has 0 aliphatic heterocycles. The molecule has 0 atom stereocenters. The number of fused-ring (bicyclic) bond motifs is 1. The molecule has 6 heteroatoms. The van der Waals surface area contributed by atoms with E-state index in [0.29, 0.717) is 29.0 Å². The second kappa shape index (κ2) is 11.1. The third kappa shape index (κ3) is 5.37. The van der Waals surface area contributed by atoms with Crippen molar-refractivity contribution in [3.05, 3.63) is 150 Å². The van der Waals surface area contributed by atoms with E-state index in [9.17, 15) is 9.59 Å². The van der Waals surface area contributed by atoms with Gasteiger partial charge in [-0.05, 0) is 72.3 Å². The van der Waals surface area contributed by atoms with E-state index < -0.39 is 0 Å². The SMILES string of the molecule is O=C(Nc1ccc(-c2nc3cc(NC(=O)c4ccccc4)ccc3n2Cc2ccccc2)cc1)c1ccccc1. The predicted octanol–water partition coefficient (Wildman–Crippen LogP) is 7.26. The first-order valence-corrected chi connectivity index (χ1v) is 13.0. The number of benzene rings is 5. The van der Waals surface area contributed by atoms with Gasteiger partial charge in [0.05, 0.1) is 11.0 Å². The van der Waals surface area contributed by atoms with Crippen molar-refractivity contribution < 1.29 is 9.59 Å². The van der Waals surface area contributed by atoms with Crippen molar-refractivity contribution in [2.24, 2.45) is 0 Å². The molecule has 0 radical (unpaired) electrons. The van der Waals surface area contributed by atoms with Crippen LogP contribution in [0.5, 0.6) is 0 Å². The van der Waals surface area contributed by atoms with Crippen LogP contribution in [-0.4, -0.2) is 21.4 Å². The van der Waals surface area contributed by atoms with Crippen molar-refractivity contribution in [3.63, 3.8) is 0 Å². The van der Waals surface area contributed by atoms with Gasteiger partial charge in [0.15, 0.2) is 0 Å². The Kier molecular flexibility index (Phi) is 6.88. The van der Waals surface area contributed by atoms with E-state index in [1.165, 1.54) is 0 Å². The average Bonchev–Trinajstić information content (AvgIpc) is 3.36. The summed E-state index contributed by atoms with van der Waals surface area (Å²) in [6, 6.07) is 42.0. The number of hydrogen-bond acceptors (Lipinski definition) is 3. The van der Waals surface area contributed by atoms with Gasteiger partial charge in [-0.25, -0.2) is 4.98 Å². The van der Waals surface area contributed by atoms with Crippen LogP contribution in [0.4, 0.5) is 11.4 Å². The Morgan fingerprint density at radius 3 is 1.73 bits per heavy atom. The van der Waals surface area contributed by atoms with Crippen molar-refractivity contribution in [1.82, 2.24) is 9.55 Å². The first kappa shape index (κ1) is 24.8. The first-order chi connectivity index (χ1) is 19.6. The number of anilines is 2. The maximum atomic E-state index is 12.7. The molecule has 1 aromatic heterocycles. The molecule has 1 heterocycles. The highest BCUT2D eigenvalue weighted by Crippen LogP contribution is 2.29. The minimum Gasteiger partial charge on any atom is -0.322 e. The number of rotatable bonds is 7. The zero-order valence-electron chi connectivity index (χ0n) is 21.6. The van der Waals surface area contributed by atoms with Crippen LogP contribution in [0.1, 0.15) is 26.3 Å². The molecule has 0 fully saturated rings. The number of nitrogens with one attached hydrogen (secondary N) is 2. The van der Waals surface area contributed by atoms with E-state index in [1.54, 1.807) is 24.3 Å². The molecule has 6 rings (SSSR count). The van der Waals surface area contributed by atoms with Crippen molar-refractivity contribution in [1.29, 1.82) is 0 Å². The van der Waals surface area contributed by atoms with Crippen LogP contribution in [0, 0.1) is 0 Å². The zero-order chi connectivity index (χ0) is 27.3. The second-order valence-electron chi connectivity index (χ2n) is 9.43. The molecule has 0 spiro atoms. The van der Waals surface area contributed by atoms with Gasteiger partial charge < -0.3 is 15.2 Å². The third-order valence-electron chi connectivity index (χ3n) is 6.66. The van der Waals surface area contributed by atoms with E-state index in [-0.39, 0.29) is 11.8 Å². The van der Waals surface area contributed by atoms with Crippen LogP contribution >= 0.6 is 0 Å². The number of imidazole rings is 1. The molecule has 40 heavy (non-hydrogen) atoms. The van der Waals surface area contributed by atoms with Gasteiger partial charge >= 0.3 is 0 Å². The standard InChI is InChI=1S/C34H26N4O2/c39-33(26-12-6-2-7-13-26)35-28-18-16-25(17-19-28)32-37-30-22-29(36-34(40)27-14-8-3-9-15-27)20-21-31(30)38(32)23-24-10-4-1-5-11-24/h1-22H,23H2,(H,35,39)(H,36,40). The van der Waals surface area contributed by atoms with Crippen LogP contribution in [0.25, 0.3) is 22.4 Å². The average molecular weight is 523 g/mol. The van der Waals surface area contributed by atoms with Gasteiger partial charge in [0, 0.05) is 34.6 Å². The quantitative estimate of drug-likeness (QED) is 0.232. The molecular weight excluding hydrogens is 496 g/mol. The van der Waals surface area contributed by atoms with Gasteiger partial charge in [-0.2, -0.15) is 0 Å². The Balaban J connectivity index is 1.32. The number of carbonyl (C=O) groups excluding carboxylic acids is 2. The van der Waals surface area contributed by atoms with Crippen molar-refractivity contribution >= 4 is 34.2 Å². The Hall–Kier alpha value is -5.49. The van der Waals surface area contributed by atoms with E-state index in [4.69, 9.17) is 4.98 Å².